The molecule has 0 aliphatic carbocycles. The van der Waals surface area contributed by atoms with Crippen LogP contribution in [-0.4, -0.2) is 77.2 Å². The second-order valence-corrected chi connectivity index (χ2v) is 13.4. The molecule has 246 valence electrons. The van der Waals surface area contributed by atoms with Crippen LogP contribution >= 0.6 is 11.3 Å². The zero-order valence-electron chi connectivity index (χ0n) is 27.1. The summed E-state index contributed by atoms with van der Waals surface area (Å²) >= 11 is 1.66. The van der Waals surface area contributed by atoms with Crippen LogP contribution in [0.15, 0.2) is 79.0 Å². The smallest absolute Gasteiger partial charge is 0.336 e. The number of nitrogens with one attached hydrogen (secondary N) is 2. The molecular weight excluding hydrogens is 616 g/mol. The number of hydrogen-bond donors (Lipinski definition) is 4. The highest BCUT2D eigenvalue weighted by molar-refractivity contribution is 7.21. The number of fused-ring (bicyclic) bond motifs is 1. The highest BCUT2D eigenvalue weighted by Crippen LogP contribution is 2.33. The molecule has 0 saturated heterocycles. The lowest BCUT2D eigenvalue weighted by molar-refractivity contribution is 0.0306. The maximum absolute atomic E-state index is 11.4. The fourth-order valence-corrected chi connectivity index (χ4v) is 6.10. The van der Waals surface area contributed by atoms with Gasteiger partial charge >= 0.3 is 11.9 Å². The Bertz CT molecular complexity index is 1810. The van der Waals surface area contributed by atoms with Gasteiger partial charge in [-0.1, -0.05) is 30.3 Å². The Morgan fingerprint density at radius 3 is 2.40 bits per heavy atom. The van der Waals surface area contributed by atoms with Gasteiger partial charge in [-0.15, -0.1) is 11.3 Å². The van der Waals surface area contributed by atoms with Gasteiger partial charge in [0.1, 0.15) is 10.8 Å². The van der Waals surface area contributed by atoms with Gasteiger partial charge < -0.3 is 30.3 Å². The van der Waals surface area contributed by atoms with Crippen LogP contribution in [0.1, 0.15) is 53.5 Å². The van der Waals surface area contributed by atoms with Crippen LogP contribution in [0.2, 0.25) is 0 Å². The van der Waals surface area contributed by atoms with Gasteiger partial charge in [0.05, 0.1) is 52.4 Å². The average Bonchev–Trinajstić information content (AvgIpc) is 3.47. The number of aromatic carboxylic acids is 2. The van der Waals surface area contributed by atoms with Crippen molar-refractivity contribution in [3.05, 3.63) is 95.7 Å². The minimum atomic E-state index is -1.32. The number of benzene rings is 3. The SMILES string of the molecule is CC(CCOc1ccc(C(=O)O)c(C(=O)O)c1)OCC(C)(C)Nc1ccc2nc(-c3ccc(C4=CNC(N(C)C)C=C4)cc3)sc2c1. The van der Waals surface area contributed by atoms with Gasteiger partial charge in [0, 0.05) is 23.9 Å². The Kier molecular flexibility index (Phi) is 10.3. The molecule has 11 heteroatoms. The van der Waals surface area contributed by atoms with E-state index in [4.69, 9.17) is 14.5 Å². The quantitative estimate of drug-likeness (QED) is 0.115. The van der Waals surface area contributed by atoms with E-state index in [1.165, 1.54) is 18.2 Å². The molecule has 0 saturated carbocycles. The van der Waals surface area contributed by atoms with Crippen molar-refractivity contribution in [2.45, 2.75) is 45.0 Å². The van der Waals surface area contributed by atoms with E-state index in [9.17, 15) is 19.8 Å². The lowest BCUT2D eigenvalue weighted by Crippen LogP contribution is -2.38. The van der Waals surface area contributed by atoms with Crippen LogP contribution in [0.5, 0.6) is 5.75 Å². The maximum Gasteiger partial charge on any atom is 0.336 e. The first kappa shape index (κ1) is 33.6. The number of hydrogen-bond acceptors (Lipinski definition) is 9. The largest absolute Gasteiger partial charge is 0.493 e. The Balaban J connectivity index is 1.13. The highest BCUT2D eigenvalue weighted by Gasteiger charge is 2.21. The van der Waals surface area contributed by atoms with Crippen LogP contribution in [0.25, 0.3) is 26.4 Å². The average molecular weight is 657 g/mol. The fourth-order valence-electron chi connectivity index (χ4n) is 5.09. The predicted molar refractivity (Wildman–Crippen MR) is 186 cm³/mol. The van der Waals surface area contributed by atoms with Crippen molar-refractivity contribution in [2.24, 2.45) is 0 Å². The molecule has 1 aromatic heterocycles. The zero-order chi connectivity index (χ0) is 33.7. The summed E-state index contributed by atoms with van der Waals surface area (Å²) in [6, 6.07) is 18.6. The summed E-state index contributed by atoms with van der Waals surface area (Å²) in [4.78, 5) is 29.7. The first-order valence-electron chi connectivity index (χ1n) is 15.3. The summed E-state index contributed by atoms with van der Waals surface area (Å²) < 4.78 is 12.9. The molecule has 4 aromatic rings. The van der Waals surface area contributed by atoms with E-state index in [2.05, 4.69) is 78.1 Å². The number of ether oxygens (including phenoxy) is 2. The maximum atomic E-state index is 11.4. The van der Waals surface area contributed by atoms with Gasteiger partial charge in [0.25, 0.3) is 0 Å². The normalized spacial score (nSPS) is 15.3. The third-order valence-corrected chi connectivity index (χ3v) is 8.80. The molecule has 1 aliphatic rings. The summed E-state index contributed by atoms with van der Waals surface area (Å²) in [5, 5.41) is 26.5. The summed E-state index contributed by atoms with van der Waals surface area (Å²) in [6.07, 6.45) is 7.00. The Morgan fingerprint density at radius 1 is 1.02 bits per heavy atom. The Morgan fingerprint density at radius 2 is 1.74 bits per heavy atom. The van der Waals surface area contributed by atoms with Gasteiger partial charge in [-0.2, -0.15) is 0 Å². The van der Waals surface area contributed by atoms with Crippen LogP contribution in [0, 0.1) is 0 Å². The van der Waals surface area contributed by atoms with E-state index >= 15 is 0 Å². The zero-order valence-corrected chi connectivity index (χ0v) is 27.9. The molecule has 0 spiro atoms. The number of aromatic nitrogens is 1. The number of thiazole rings is 1. The number of nitrogens with zero attached hydrogens (tertiary/aromatic N) is 2. The van der Waals surface area contributed by atoms with Gasteiger partial charge in [-0.25, -0.2) is 14.6 Å². The molecule has 3 aromatic carbocycles. The molecule has 0 fully saturated rings. The Hall–Kier alpha value is -4.71. The summed E-state index contributed by atoms with van der Waals surface area (Å²) in [5.74, 6) is -2.32. The highest BCUT2D eigenvalue weighted by atomic mass is 32.1. The van der Waals surface area contributed by atoms with Crippen molar-refractivity contribution in [1.29, 1.82) is 0 Å². The molecule has 47 heavy (non-hydrogen) atoms. The number of rotatable bonds is 14. The molecule has 2 heterocycles. The molecule has 2 atom stereocenters. The molecule has 10 nitrogen and oxygen atoms in total. The predicted octanol–water partition coefficient (Wildman–Crippen LogP) is 6.81. The molecule has 2 unspecified atom stereocenters. The number of carbonyl (C=O) groups is 2. The van der Waals surface area contributed by atoms with Crippen molar-refractivity contribution >= 4 is 44.8 Å². The van der Waals surface area contributed by atoms with E-state index in [0.717, 1.165) is 37.6 Å². The van der Waals surface area contributed by atoms with E-state index in [1.807, 2.05) is 33.2 Å². The molecule has 1 aliphatic heterocycles. The molecule has 4 N–H and O–H groups in total. The number of allylic oxidation sites excluding steroid dienone is 2. The lowest BCUT2D eigenvalue weighted by Gasteiger charge is -2.29. The van der Waals surface area contributed by atoms with Gasteiger partial charge in [0.2, 0.25) is 0 Å². The molecule has 0 bridgehead atoms. The third kappa shape index (κ3) is 8.56. The number of carboxylic acid groups (broad SMARTS) is 2. The van der Waals surface area contributed by atoms with Gasteiger partial charge in [-0.3, -0.25) is 4.90 Å². The first-order valence-corrected chi connectivity index (χ1v) is 16.2. The van der Waals surface area contributed by atoms with E-state index in [1.54, 1.807) is 11.3 Å². The Labute approximate surface area is 278 Å². The minimum Gasteiger partial charge on any atom is -0.493 e. The van der Waals surface area contributed by atoms with Crippen molar-refractivity contribution in [1.82, 2.24) is 15.2 Å². The minimum absolute atomic E-state index is 0.122. The van der Waals surface area contributed by atoms with E-state index < -0.39 is 11.9 Å². The third-order valence-electron chi connectivity index (χ3n) is 7.73. The van der Waals surface area contributed by atoms with Crippen molar-refractivity contribution < 1.29 is 29.3 Å². The fraction of sp³-hybridized carbons (Fsp3) is 0.306. The summed E-state index contributed by atoms with van der Waals surface area (Å²) in [7, 11) is 4.09. The topological polar surface area (TPSA) is 133 Å². The molecule has 0 amide bonds. The molecule has 5 rings (SSSR count). The molecule has 0 radical (unpaired) electrons. The van der Waals surface area contributed by atoms with Crippen LogP contribution in [0.4, 0.5) is 5.69 Å². The van der Waals surface area contributed by atoms with Crippen LogP contribution < -0.4 is 15.4 Å². The monoisotopic (exact) mass is 656 g/mol. The van der Waals surface area contributed by atoms with E-state index in [0.29, 0.717) is 18.8 Å². The number of carboxylic acids is 2. The van der Waals surface area contributed by atoms with Gasteiger partial charge in [-0.05, 0) is 88.5 Å². The van der Waals surface area contributed by atoms with Crippen molar-refractivity contribution in [3.8, 4) is 16.3 Å². The standard InChI is InChI=1S/C36H40N4O6S/c1-22(16-17-45-27-12-13-28(34(41)42)29(19-27)35(43)44)46-21-36(2,3)39-26-11-14-30-31(18-26)47-33(38-30)24-8-6-23(7-9-24)25-10-15-32(37-20-25)40(4)5/h6-15,18-20,22,32,37,39H,16-17,21H2,1-5H3,(H,41,42)(H,43,44). The summed E-state index contributed by atoms with van der Waals surface area (Å²) in [5.41, 5.74) is 4.35. The van der Waals surface area contributed by atoms with Gasteiger partial charge in [0.15, 0.2) is 0 Å². The first-order chi connectivity index (χ1) is 22.4. The lowest BCUT2D eigenvalue weighted by atomic mass is 10.0. The van der Waals surface area contributed by atoms with E-state index in [-0.39, 0.29) is 35.5 Å². The van der Waals surface area contributed by atoms with Crippen molar-refractivity contribution in [3.63, 3.8) is 0 Å². The second-order valence-electron chi connectivity index (χ2n) is 12.4. The number of anilines is 1. The molecular formula is C36H40N4O6S. The van der Waals surface area contributed by atoms with Crippen LogP contribution in [-0.2, 0) is 4.74 Å². The van der Waals surface area contributed by atoms with Crippen LogP contribution in [0.3, 0.4) is 0 Å². The summed E-state index contributed by atoms with van der Waals surface area (Å²) in [6.45, 7) is 6.83. The second kappa shape index (κ2) is 14.4. The van der Waals surface area contributed by atoms with Crippen molar-refractivity contribution in [2.75, 3.05) is 32.6 Å². The number of dihydropyridines is 1. The number of likely N-dealkylation sites (N-methyl/N-ethyl adjacent to an activating group) is 1.